The summed E-state index contributed by atoms with van der Waals surface area (Å²) < 4.78 is 0. The molecule has 0 radical (unpaired) electrons. The van der Waals surface area contributed by atoms with Gasteiger partial charge in [-0.3, -0.25) is 4.79 Å². The van der Waals surface area contributed by atoms with Crippen molar-refractivity contribution in [3.05, 3.63) is 46.0 Å². The summed E-state index contributed by atoms with van der Waals surface area (Å²) in [4.78, 5) is 20.3. The summed E-state index contributed by atoms with van der Waals surface area (Å²) >= 11 is 4.70. The molecule has 6 heteroatoms. The Morgan fingerprint density at radius 3 is 2.43 bits per heavy atom. The minimum absolute atomic E-state index is 0.0136. The third-order valence-corrected chi connectivity index (χ3v) is 6.57. The zero-order valence-corrected chi connectivity index (χ0v) is 14.6. The molecular formula is C17H12N2OS3. The first kappa shape index (κ1) is 14.6. The van der Waals surface area contributed by atoms with Gasteiger partial charge >= 0.3 is 0 Å². The Morgan fingerprint density at radius 1 is 1.13 bits per heavy atom. The normalized spacial score (nSPS) is 11.2. The molecule has 0 bridgehead atoms. The molecule has 0 atom stereocenters. The maximum Gasteiger partial charge on any atom is 0.171 e. The summed E-state index contributed by atoms with van der Waals surface area (Å²) in [6, 6.07) is 10.2. The van der Waals surface area contributed by atoms with E-state index < -0.39 is 0 Å². The highest BCUT2D eigenvalue weighted by atomic mass is 32.1. The van der Waals surface area contributed by atoms with Gasteiger partial charge in [0.05, 0.1) is 21.1 Å². The van der Waals surface area contributed by atoms with Gasteiger partial charge in [0, 0.05) is 22.8 Å². The number of carbonyl (C=O) groups is 1. The number of thiophene rings is 3. The van der Waals surface area contributed by atoms with Crippen LogP contribution >= 0.6 is 34.0 Å². The van der Waals surface area contributed by atoms with E-state index in [0.717, 1.165) is 31.2 Å². The van der Waals surface area contributed by atoms with Crippen molar-refractivity contribution < 1.29 is 4.79 Å². The Kier molecular flexibility index (Phi) is 3.52. The summed E-state index contributed by atoms with van der Waals surface area (Å²) in [5.74, 6) is -0.0136. The van der Waals surface area contributed by atoms with Gasteiger partial charge in [0.15, 0.2) is 5.78 Å². The summed E-state index contributed by atoms with van der Waals surface area (Å²) in [5, 5.41) is 4.97. The van der Waals surface area contributed by atoms with Crippen molar-refractivity contribution in [2.24, 2.45) is 0 Å². The molecule has 2 N–H and O–H groups in total. The van der Waals surface area contributed by atoms with Gasteiger partial charge in [0.1, 0.15) is 4.83 Å². The largest absolute Gasteiger partial charge is 0.397 e. The highest BCUT2D eigenvalue weighted by Gasteiger charge is 2.20. The first-order valence-electron chi connectivity index (χ1n) is 6.97. The molecule has 0 aromatic carbocycles. The molecule has 0 fully saturated rings. The third-order valence-electron chi connectivity index (χ3n) is 3.58. The van der Waals surface area contributed by atoms with Gasteiger partial charge in [0.25, 0.3) is 0 Å². The minimum Gasteiger partial charge on any atom is -0.397 e. The number of nitrogen functional groups attached to an aromatic ring is 1. The summed E-state index contributed by atoms with van der Waals surface area (Å²) in [6.07, 6.45) is 0. The summed E-state index contributed by atoms with van der Waals surface area (Å²) in [5.41, 5.74) is 8.79. The van der Waals surface area contributed by atoms with Gasteiger partial charge in [-0.2, -0.15) is 0 Å². The van der Waals surface area contributed by atoms with Gasteiger partial charge < -0.3 is 5.73 Å². The molecule has 114 valence electrons. The van der Waals surface area contributed by atoms with Gasteiger partial charge in [-0.15, -0.1) is 34.0 Å². The maximum atomic E-state index is 11.9. The van der Waals surface area contributed by atoms with Crippen LogP contribution in [0.1, 0.15) is 16.6 Å². The van der Waals surface area contributed by atoms with Gasteiger partial charge in [-0.1, -0.05) is 12.1 Å². The number of ketones is 1. The monoisotopic (exact) mass is 356 g/mol. The van der Waals surface area contributed by atoms with Crippen LogP contribution in [0.5, 0.6) is 0 Å². The van der Waals surface area contributed by atoms with Gasteiger partial charge in [-0.05, 0) is 29.0 Å². The predicted molar refractivity (Wildman–Crippen MR) is 101 cm³/mol. The number of nitrogens with two attached hydrogens (primary N) is 1. The highest BCUT2D eigenvalue weighted by Crippen LogP contribution is 2.42. The van der Waals surface area contributed by atoms with Crippen molar-refractivity contribution in [1.82, 2.24) is 4.98 Å². The van der Waals surface area contributed by atoms with Crippen LogP contribution in [0.15, 0.2) is 41.1 Å². The van der Waals surface area contributed by atoms with Crippen LogP contribution in [0.25, 0.3) is 31.2 Å². The average Bonchev–Trinajstić information content (AvgIpc) is 3.27. The zero-order chi connectivity index (χ0) is 16.0. The van der Waals surface area contributed by atoms with Crippen molar-refractivity contribution in [1.29, 1.82) is 0 Å². The lowest BCUT2D eigenvalue weighted by Crippen LogP contribution is -1.94. The van der Waals surface area contributed by atoms with Crippen LogP contribution in [0, 0.1) is 0 Å². The molecule has 0 saturated carbocycles. The number of aromatic nitrogens is 1. The van der Waals surface area contributed by atoms with Crippen LogP contribution in [-0.4, -0.2) is 10.8 Å². The minimum atomic E-state index is -0.0136. The maximum absolute atomic E-state index is 11.9. The molecule has 0 aliphatic heterocycles. The molecule has 4 aromatic rings. The number of rotatable bonds is 3. The Balaban J connectivity index is 2.08. The third kappa shape index (κ3) is 2.39. The molecule has 0 aliphatic rings. The molecule has 0 aliphatic carbocycles. The number of hydrogen-bond donors (Lipinski definition) is 1. The van der Waals surface area contributed by atoms with Crippen LogP contribution < -0.4 is 5.73 Å². The van der Waals surface area contributed by atoms with E-state index in [1.54, 1.807) is 29.6 Å². The number of nitrogens with zero attached hydrogens (tertiary/aromatic N) is 1. The molecular weight excluding hydrogens is 344 g/mol. The SMILES string of the molecule is CC(=O)c1sc2nc(-c3cccs3)cc(-c3cccs3)c2c1N. The number of Topliss-reactive ketones (excluding diaryl/α,β-unsaturated/α-hetero) is 1. The van der Waals surface area contributed by atoms with E-state index in [4.69, 9.17) is 10.7 Å². The molecule has 0 spiro atoms. The smallest absolute Gasteiger partial charge is 0.171 e. The molecule has 4 aromatic heterocycles. The topological polar surface area (TPSA) is 56.0 Å². The van der Waals surface area contributed by atoms with E-state index in [9.17, 15) is 4.79 Å². The molecule has 4 rings (SSSR count). The van der Waals surface area contributed by atoms with Crippen molar-refractivity contribution in [2.45, 2.75) is 6.92 Å². The molecule has 23 heavy (non-hydrogen) atoms. The quantitative estimate of drug-likeness (QED) is 0.490. The van der Waals surface area contributed by atoms with E-state index in [-0.39, 0.29) is 5.78 Å². The second-order valence-corrected chi connectivity index (χ2v) is 7.99. The number of pyridine rings is 1. The molecule has 0 amide bonds. The fourth-order valence-electron chi connectivity index (χ4n) is 2.56. The van der Waals surface area contributed by atoms with Crippen LogP contribution in [0.4, 0.5) is 5.69 Å². The molecule has 4 heterocycles. The van der Waals surface area contributed by atoms with Crippen molar-refractivity contribution >= 4 is 55.7 Å². The van der Waals surface area contributed by atoms with E-state index in [1.165, 1.54) is 11.3 Å². The number of carbonyl (C=O) groups excluding carboxylic acids is 1. The second-order valence-electron chi connectivity index (χ2n) is 5.09. The van der Waals surface area contributed by atoms with E-state index in [1.807, 2.05) is 22.9 Å². The van der Waals surface area contributed by atoms with Gasteiger partial charge in [-0.25, -0.2) is 4.98 Å². The Labute approximate surface area is 145 Å². The van der Waals surface area contributed by atoms with Crippen molar-refractivity contribution in [3.8, 4) is 21.0 Å². The van der Waals surface area contributed by atoms with Crippen LogP contribution in [0.3, 0.4) is 0 Å². The number of hydrogen-bond acceptors (Lipinski definition) is 6. The average molecular weight is 356 g/mol. The number of anilines is 1. The summed E-state index contributed by atoms with van der Waals surface area (Å²) in [7, 11) is 0. The zero-order valence-electron chi connectivity index (χ0n) is 12.2. The Morgan fingerprint density at radius 2 is 1.83 bits per heavy atom. The van der Waals surface area contributed by atoms with Gasteiger partial charge in [0.2, 0.25) is 0 Å². The lowest BCUT2D eigenvalue weighted by atomic mass is 10.1. The van der Waals surface area contributed by atoms with E-state index >= 15 is 0 Å². The lowest BCUT2D eigenvalue weighted by Gasteiger charge is -2.05. The Hall–Kier alpha value is -2.02. The van der Waals surface area contributed by atoms with E-state index in [0.29, 0.717) is 10.6 Å². The first-order chi connectivity index (χ1) is 11.1. The van der Waals surface area contributed by atoms with Crippen LogP contribution in [0.2, 0.25) is 0 Å². The lowest BCUT2D eigenvalue weighted by molar-refractivity contribution is 0.102. The second kappa shape index (κ2) is 5.56. The van der Waals surface area contributed by atoms with Crippen molar-refractivity contribution in [3.63, 3.8) is 0 Å². The fourth-order valence-corrected chi connectivity index (χ4v) is 5.01. The first-order valence-corrected chi connectivity index (χ1v) is 9.54. The fraction of sp³-hybridized carbons (Fsp3) is 0.0588. The molecule has 0 saturated heterocycles. The standard InChI is InChI=1S/C17H12N2OS3/c1-9(20)16-15(18)14-10(12-4-2-6-21-12)8-11(19-17(14)23-16)13-5-3-7-22-13/h2-8H,18H2,1H3. The predicted octanol–water partition coefficient (Wildman–Crippen LogP) is 5.54. The summed E-state index contributed by atoms with van der Waals surface area (Å²) in [6.45, 7) is 1.55. The van der Waals surface area contributed by atoms with Crippen molar-refractivity contribution in [2.75, 3.05) is 5.73 Å². The molecule has 3 nitrogen and oxygen atoms in total. The highest BCUT2D eigenvalue weighted by molar-refractivity contribution is 7.21. The number of fused-ring (bicyclic) bond motifs is 1. The molecule has 0 unspecified atom stereocenters. The Bertz CT molecular complexity index is 999. The van der Waals surface area contributed by atoms with E-state index in [2.05, 4.69) is 18.2 Å². The van der Waals surface area contributed by atoms with Crippen LogP contribution in [-0.2, 0) is 0 Å².